The van der Waals surface area contributed by atoms with Crippen LogP contribution in [0.4, 0.5) is 0 Å². The highest BCUT2D eigenvalue weighted by molar-refractivity contribution is 5.87. The van der Waals surface area contributed by atoms with Gasteiger partial charge in [0, 0.05) is 25.6 Å². The summed E-state index contributed by atoms with van der Waals surface area (Å²) in [7, 11) is 1.70. The summed E-state index contributed by atoms with van der Waals surface area (Å²) < 4.78 is 0. The molecule has 2 amide bonds. The molecule has 2 aliphatic rings. The molecule has 0 atom stereocenters. The standard InChI is InChI=1S/C18H30N2O4/c1-18(2,14-6-4-5-7-14)17(24)19(3)12-15(21)20-10-8-13(9-11-20)16(22)23/h13-14H,4-12H2,1-3H3,(H,22,23). The van der Waals surface area contributed by atoms with E-state index in [1.165, 1.54) is 12.8 Å². The van der Waals surface area contributed by atoms with Crippen molar-refractivity contribution in [1.82, 2.24) is 9.80 Å². The zero-order valence-corrected chi connectivity index (χ0v) is 15.1. The number of amides is 2. The van der Waals surface area contributed by atoms with E-state index in [4.69, 9.17) is 5.11 Å². The molecule has 6 nitrogen and oxygen atoms in total. The maximum Gasteiger partial charge on any atom is 0.306 e. The van der Waals surface area contributed by atoms with Gasteiger partial charge in [-0.3, -0.25) is 14.4 Å². The molecule has 1 saturated heterocycles. The highest BCUT2D eigenvalue weighted by Gasteiger charge is 2.40. The zero-order valence-electron chi connectivity index (χ0n) is 15.1. The number of carboxylic acid groups (broad SMARTS) is 1. The molecule has 2 fully saturated rings. The molecular formula is C18H30N2O4. The number of hydrogen-bond acceptors (Lipinski definition) is 3. The summed E-state index contributed by atoms with van der Waals surface area (Å²) >= 11 is 0. The molecule has 6 heteroatoms. The molecule has 2 rings (SSSR count). The van der Waals surface area contributed by atoms with Gasteiger partial charge in [-0.25, -0.2) is 0 Å². The van der Waals surface area contributed by atoms with E-state index in [1.807, 2.05) is 13.8 Å². The quantitative estimate of drug-likeness (QED) is 0.831. The number of carbonyl (C=O) groups excluding carboxylic acids is 2. The largest absolute Gasteiger partial charge is 0.481 e. The van der Waals surface area contributed by atoms with Gasteiger partial charge >= 0.3 is 5.97 Å². The van der Waals surface area contributed by atoms with Gasteiger partial charge in [-0.05, 0) is 31.6 Å². The summed E-state index contributed by atoms with van der Waals surface area (Å²) in [5.74, 6) is -0.795. The minimum atomic E-state index is -0.785. The third kappa shape index (κ3) is 4.08. The number of carboxylic acids is 1. The molecule has 0 aromatic carbocycles. The fraction of sp³-hybridized carbons (Fsp3) is 0.833. The van der Waals surface area contributed by atoms with Gasteiger partial charge in [0.05, 0.1) is 12.5 Å². The molecule has 0 unspecified atom stereocenters. The number of likely N-dealkylation sites (N-methyl/N-ethyl adjacent to an activating group) is 1. The maximum atomic E-state index is 12.8. The fourth-order valence-electron chi connectivity index (χ4n) is 4.06. The Labute approximate surface area is 144 Å². The first-order valence-corrected chi connectivity index (χ1v) is 8.99. The third-order valence-corrected chi connectivity index (χ3v) is 5.84. The van der Waals surface area contributed by atoms with Crippen LogP contribution in [0.3, 0.4) is 0 Å². The summed E-state index contributed by atoms with van der Waals surface area (Å²) in [4.78, 5) is 39.4. The molecule has 0 radical (unpaired) electrons. The van der Waals surface area contributed by atoms with Gasteiger partial charge in [0.1, 0.15) is 0 Å². The average molecular weight is 338 g/mol. The van der Waals surface area contributed by atoms with Gasteiger partial charge in [0.2, 0.25) is 11.8 Å². The molecule has 136 valence electrons. The first-order chi connectivity index (χ1) is 11.2. The van der Waals surface area contributed by atoms with E-state index in [0.29, 0.717) is 31.8 Å². The number of aliphatic carboxylic acids is 1. The van der Waals surface area contributed by atoms with Crippen LogP contribution in [0.25, 0.3) is 0 Å². The Morgan fingerprint density at radius 1 is 1.08 bits per heavy atom. The Bertz CT molecular complexity index is 489. The third-order valence-electron chi connectivity index (χ3n) is 5.84. The second-order valence-corrected chi connectivity index (χ2v) is 7.86. The number of hydrogen-bond donors (Lipinski definition) is 1. The Hall–Kier alpha value is -1.59. The molecule has 1 saturated carbocycles. The lowest BCUT2D eigenvalue weighted by atomic mass is 9.76. The van der Waals surface area contributed by atoms with Crippen molar-refractivity contribution in [2.45, 2.75) is 52.4 Å². The summed E-state index contributed by atoms with van der Waals surface area (Å²) in [6, 6.07) is 0. The van der Waals surface area contributed by atoms with Crippen LogP contribution in [-0.2, 0) is 14.4 Å². The predicted octanol–water partition coefficient (Wildman–Crippen LogP) is 1.98. The van der Waals surface area contributed by atoms with E-state index in [9.17, 15) is 14.4 Å². The summed E-state index contributed by atoms with van der Waals surface area (Å²) in [6.45, 7) is 4.98. The van der Waals surface area contributed by atoms with Crippen molar-refractivity contribution >= 4 is 17.8 Å². The number of likely N-dealkylation sites (tertiary alicyclic amines) is 1. The van der Waals surface area contributed by atoms with E-state index in [-0.39, 0.29) is 24.3 Å². The number of nitrogens with zero attached hydrogens (tertiary/aromatic N) is 2. The molecule has 0 spiro atoms. The first-order valence-electron chi connectivity index (χ1n) is 8.99. The number of piperidine rings is 1. The zero-order chi connectivity index (χ0) is 17.9. The van der Waals surface area contributed by atoms with E-state index in [0.717, 1.165) is 12.8 Å². The minimum absolute atomic E-state index is 0.0307. The van der Waals surface area contributed by atoms with Crippen LogP contribution in [0.2, 0.25) is 0 Å². The van der Waals surface area contributed by atoms with Crippen molar-refractivity contribution in [3.63, 3.8) is 0 Å². The van der Waals surface area contributed by atoms with Gasteiger partial charge in [-0.15, -0.1) is 0 Å². The molecule has 1 heterocycles. The predicted molar refractivity (Wildman–Crippen MR) is 90.3 cm³/mol. The summed E-state index contributed by atoms with van der Waals surface area (Å²) in [5.41, 5.74) is -0.429. The second kappa shape index (κ2) is 7.53. The normalized spacial score (nSPS) is 20.2. The molecule has 1 N–H and O–H groups in total. The highest BCUT2D eigenvalue weighted by atomic mass is 16.4. The van der Waals surface area contributed by atoms with Crippen LogP contribution >= 0.6 is 0 Å². The van der Waals surface area contributed by atoms with Crippen molar-refractivity contribution in [3.8, 4) is 0 Å². The molecule has 24 heavy (non-hydrogen) atoms. The van der Waals surface area contributed by atoms with Gasteiger partial charge in [0.15, 0.2) is 0 Å². The number of rotatable bonds is 5. The van der Waals surface area contributed by atoms with Crippen molar-refractivity contribution < 1.29 is 19.5 Å². The number of carbonyl (C=O) groups is 3. The monoisotopic (exact) mass is 338 g/mol. The van der Waals surface area contributed by atoms with Crippen molar-refractivity contribution in [3.05, 3.63) is 0 Å². The van der Waals surface area contributed by atoms with Gasteiger partial charge in [-0.2, -0.15) is 0 Å². The van der Waals surface area contributed by atoms with E-state index >= 15 is 0 Å². The van der Waals surface area contributed by atoms with Crippen molar-refractivity contribution in [2.24, 2.45) is 17.3 Å². The minimum Gasteiger partial charge on any atom is -0.481 e. The first kappa shape index (κ1) is 18.7. The Morgan fingerprint density at radius 3 is 2.12 bits per heavy atom. The van der Waals surface area contributed by atoms with Crippen LogP contribution in [0.1, 0.15) is 52.4 Å². The van der Waals surface area contributed by atoms with Crippen molar-refractivity contribution in [2.75, 3.05) is 26.7 Å². The molecule has 0 aromatic heterocycles. The fourth-order valence-corrected chi connectivity index (χ4v) is 4.06. The van der Waals surface area contributed by atoms with Crippen molar-refractivity contribution in [1.29, 1.82) is 0 Å². The van der Waals surface area contributed by atoms with Crippen LogP contribution in [0.5, 0.6) is 0 Å². The lowest BCUT2D eigenvalue weighted by Crippen LogP contribution is -2.49. The van der Waals surface area contributed by atoms with E-state index in [2.05, 4.69) is 0 Å². The van der Waals surface area contributed by atoms with Crippen LogP contribution < -0.4 is 0 Å². The summed E-state index contributed by atoms with van der Waals surface area (Å²) in [5, 5.41) is 9.02. The second-order valence-electron chi connectivity index (χ2n) is 7.86. The van der Waals surface area contributed by atoms with Crippen LogP contribution in [0, 0.1) is 17.3 Å². The lowest BCUT2D eigenvalue weighted by molar-refractivity contribution is -0.149. The molecular weight excluding hydrogens is 308 g/mol. The van der Waals surface area contributed by atoms with E-state index < -0.39 is 11.4 Å². The Kier molecular flexibility index (Phi) is 5.88. The van der Waals surface area contributed by atoms with Crippen LogP contribution in [0.15, 0.2) is 0 Å². The van der Waals surface area contributed by atoms with Gasteiger partial charge in [-0.1, -0.05) is 26.7 Å². The molecule has 1 aliphatic heterocycles. The summed E-state index contributed by atoms with van der Waals surface area (Å²) in [6.07, 6.45) is 5.52. The van der Waals surface area contributed by atoms with Crippen LogP contribution in [-0.4, -0.2) is 59.4 Å². The lowest BCUT2D eigenvalue weighted by Gasteiger charge is -2.36. The van der Waals surface area contributed by atoms with Gasteiger partial charge < -0.3 is 14.9 Å². The average Bonchev–Trinajstić information content (AvgIpc) is 3.09. The van der Waals surface area contributed by atoms with Gasteiger partial charge in [0.25, 0.3) is 0 Å². The SMILES string of the molecule is CN(CC(=O)N1CCC(C(=O)O)CC1)C(=O)C(C)(C)C1CCCC1. The maximum absolute atomic E-state index is 12.8. The molecule has 1 aliphatic carbocycles. The Balaban J connectivity index is 1.87. The Morgan fingerprint density at radius 2 is 1.62 bits per heavy atom. The molecule has 0 bridgehead atoms. The van der Waals surface area contributed by atoms with E-state index in [1.54, 1.807) is 16.8 Å². The molecule has 0 aromatic rings. The highest BCUT2D eigenvalue weighted by Crippen LogP contribution is 2.40. The topological polar surface area (TPSA) is 77.9 Å². The smallest absolute Gasteiger partial charge is 0.306 e.